The highest BCUT2D eigenvalue weighted by Gasteiger charge is 2.53. The molecular formula is C23H19N7O7S2. The maximum Gasteiger partial charge on any atom is 0.276 e. The fourth-order valence-electron chi connectivity index (χ4n) is 3.83. The first-order valence-electron chi connectivity index (χ1n) is 11.1. The van der Waals surface area contributed by atoms with Crippen molar-refractivity contribution >= 4 is 70.2 Å². The first-order chi connectivity index (χ1) is 18.9. The summed E-state index contributed by atoms with van der Waals surface area (Å²) in [5.41, 5.74) is 0.435. The predicted molar refractivity (Wildman–Crippen MR) is 137 cm³/mol. The summed E-state index contributed by atoms with van der Waals surface area (Å²) in [7, 11) is 0. The molecule has 4 amide bonds. The first kappa shape index (κ1) is 27.3. The Morgan fingerprint density at radius 3 is 2.87 bits per heavy atom. The van der Waals surface area contributed by atoms with Crippen LogP contribution in [-0.2, 0) is 35.4 Å². The van der Waals surface area contributed by atoms with Gasteiger partial charge in [0.1, 0.15) is 22.8 Å². The van der Waals surface area contributed by atoms with E-state index in [0.29, 0.717) is 24.1 Å². The van der Waals surface area contributed by atoms with E-state index < -0.39 is 29.2 Å². The van der Waals surface area contributed by atoms with E-state index in [2.05, 4.69) is 32.0 Å². The van der Waals surface area contributed by atoms with Crippen LogP contribution >= 0.6 is 23.1 Å². The summed E-state index contributed by atoms with van der Waals surface area (Å²) in [5.74, 6) is -0.548. The van der Waals surface area contributed by atoms with Crippen LogP contribution in [-0.4, -0.2) is 70.0 Å². The Balaban J connectivity index is 1.53. The third kappa shape index (κ3) is 5.89. The van der Waals surface area contributed by atoms with Crippen LogP contribution in [0.15, 0.2) is 46.3 Å². The number of aromatic nitrogens is 2. The molecule has 39 heavy (non-hydrogen) atoms. The SMILES string of the molecule is C#CCON=C(C(=O)NC1C(=O)N2C(C(=O)[O-])=C(C[n+]3cccc(NC=O)c3)CS[C@H]12)c1csc(NC=O)n1. The summed E-state index contributed by atoms with van der Waals surface area (Å²) in [6.45, 7) is -0.105. The van der Waals surface area contributed by atoms with Gasteiger partial charge < -0.3 is 30.7 Å². The van der Waals surface area contributed by atoms with Gasteiger partial charge in [-0.05, 0) is 6.07 Å². The Kier molecular flexibility index (Phi) is 8.53. The monoisotopic (exact) mass is 569 g/mol. The van der Waals surface area contributed by atoms with Crippen LogP contribution < -0.4 is 25.6 Å². The standard InChI is InChI=1S/C23H19N7O7S2/c1-2-6-37-28-16(15-10-39-23(26-15)25-12-32)19(33)27-17-20(34)30-18(22(35)36)13(9-38-21(17)30)7-29-5-3-4-14(8-29)24-11-31/h1,3-5,8,10-12,17,21H,6-7,9H2,(H3-,24,25,26,27,31,32,33,35,36)/t17?,21-/m1/s1. The molecule has 0 aliphatic carbocycles. The molecule has 2 aliphatic rings. The molecule has 2 aromatic rings. The van der Waals surface area contributed by atoms with E-state index in [1.807, 2.05) is 0 Å². The van der Waals surface area contributed by atoms with Gasteiger partial charge in [-0.15, -0.1) is 29.5 Å². The summed E-state index contributed by atoms with van der Waals surface area (Å²) in [4.78, 5) is 69.7. The first-order valence-corrected chi connectivity index (χ1v) is 13.0. The van der Waals surface area contributed by atoms with Gasteiger partial charge in [-0.2, -0.15) is 4.57 Å². The van der Waals surface area contributed by atoms with E-state index in [1.165, 1.54) is 17.1 Å². The number of anilines is 2. The number of amides is 4. The van der Waals surface area contributed by atoms with Crippen LogP contribution in [0.2, 0.25) is 0 Å². The molecule has 4 rings (SSSR count). The number of hydrogen-bond donors (Lipinski definition) is 3. The summed E-state index contributed by atoms with van der Waals surface area (Å²) in [5, 5.41) is 24.2. The van der Waals surface area contributed by atoms with Crippen molar-refractivity contribution < 1.29 is 38.5 Å². The number of thioether (sulfide) groups is 1. The van der Waals surface area contributed by atoms with Gasteiger partial charge in [0.2, 0.25) is 12.8 Å². The highest BCUT2D eigenvalue weighted by atomic mass is 32.2. The van der Waals surface area contributed by atoms with E-state index in [0.717, 1.165) is 16.2 Å². The number of thiazole rings is 1. The molecule has 1 unspecified atom stereocenters. The van der Waals surface area contributed by atoms with Crippen LogP contribution in [0.4, 0.5) is 10.8 Å². The Morgan fingerprint density at radius 1 is 1.36 bits per heavy atom. The normalized spacial score (nSPS) is 18.3. The molecule has 200 valence electrons. The van der Waals surface area contributed by atoms with Crippen molar-refractivity contribution in [2.75, 3.05) is 23.0 Å². The number of β-lactam (4-membered cyclic amide) rings is 1. The minimum Gasteiger partial charge on any atom is -0.543 e. The summed E-state index contributed by atoms with van der Waals surface area (Å²) >= 11 is 2.30. The van der Waals surface area contributed by atoms with Crippen molar-refractivity contribution in [1.29, 1.82) is 0 Å². The van der Waals surface area contributed by atoms with Gasteiger partial charge in [0.05, 0.1) is 11.7 Å². The summed E-state index contributed by atoms with van der Waals surface area (Å²) in [6, 6.07) is 2.28. The molecule has 0 radical (unpaired) electrons. The van der Waals surface area contributed by atoms with Crippen LogP contribution in [0.5, 0.6) is 0 Å². The van der Waals surface area contributed by atoms with E-state index in [-0.39, 0.29) is 41.1 Å². The lowest BCUT2D eigenvalue weighted by molar-refractivity contribution is -0.688. The van der Waals surface area contributed by atoms with Crippen molar-refractivity contribution in [3.63, 3.8) is 0 Å². The van der Waals surface area contributed by atoms with Gasteiger partial charge in [0, 0.05) is 22.8 Å². The predicted octanol–water partition coefficient (Wildman–Crippen LogP) is -1.97. The maximum atomic E-state index is 13.1. The van der Waals surface area contributed by atoms with Gasteiger partial charge in [-0.1, -0.05) is 11.1 Å². The highest BCUT2D eigenvalue weighted by Crippen LogP contribution is 2.40. The molecule has 0 saturated carbocycles. The maximum absolute atomic E-state index is 13.1. The van der Waals surface area contributed by atoms with Crippen molar-refractivity contribution in [1.82, 2.24) is 15.2 Å². The number of oxime groups is 1. The van der Waals surface area contributed by atoms with Crippen LogP contribution in [0.25, 0.3) is 0 Å². The molecule has 2 aliphatic heterocycles. The number of terminal acetylenes is 1. The average molecular weight is 570 g/mol. The Morgan fingerprint density at radius 2 is 2.15 bits per heavy atom. The zero-order valence-electron chi connectivity index (χ0n) is 19.9. The minimum absolute atomic E-state index is 0.0692. The molecule has 1 fully saturated rings. The van der Waals surface area contributed by atoms with Gasteiger partial charge in [-0.25, -0.2) is 4.98 Å². The Labute approximate surface area is 229 Å². The molecule has 1 saturated heterocycles. The number of rotatable bonds is 12. The lowest BCUT2D eigenvalue weighted by atomic mass is 10.0. The van der Waals surface area contributed by atoms with Crippen LogP contribution in [0, 0.1) is 12.3 Å². The molecule has 4 heterocycles. The number of carbonyl (C=O) groups excluding carboxylic acids is 5. The molecule has 14 nitrogen and oxygen atoms in total. The smallest absolute Gasteiger partial charge is 0.276 e. The van der Waals surface area contributed by atoms with Gasteiger partial charge >= 0.3 is 0 Å². The van der Waals surface area contributed by atoms with Gasteiger partial charge in [0.15, 0.2) is 36.4 Å². The van der Waals surface area contributed by atoms with Crippen molar-refractivity contribution in [3.05, 3.63) is 46.9 Å². The van der Waals surface area contributed by atoms with Crippen molar-refractivity contribution in [2.24, 2.45) is 5.16 Å². The number of hydrogen-bond acceptors (Lipinski definition) is 11. The largest absolute Gasteiger partial charge is 0.543 e. The molecule has 16 heteroatoms. The fourth-order valence-corrected chi connectivity index (χ4v) is 5.82. The van der Waals surface area contributed by atoms with Crippen LogP contribution in [0.1, 0.15) is 5.69 Å². The number of fused-ring (bicyclic) bond motifs is 1. The summed E-state index contributed by atoms with van der Waals surface area (Å²) < 4.78 is 1.66. The number of carbonyl (C=O) groups is 5. The Hall–Kier alpha value is -4.75. The molecular weight excluding hydrogens is 550 g/mol. The average Bonchev–Trinajstić information content (AvgIpc) is 3.38. The van der Waals surface area contributed by atoms with E-state index in [4.69, 9.17) is 11.3 Å². The number of nitrogens with zero attached hydrogens (tertiary/aromatic N) is 4. The molecule has 0 aromatic carbocycles. The summed E-state index contributed by atoms with van der Waals surface area (Å²) in [6.07, 6.45) is 9.40. The van der Waals surface area contributed by atoms with Gasteiger partial charge in [-0.3, -0.25) is 24.1 Å². The molecule has 3 N–H and O–H groups in total. The number of nitrogens with one attached hydrogen (secondary N) is 3. The second-order valence-corrected chi connectivity index (χ2v) is 9.81. The topological polar surface area (TPSA) is 186 Å². The highest BCUT2D eigenvalue weighted by molar-refractivity contribution is 8.00. The zero-order chi connectivity index (χ0) is 27.9. The van der Waals surface area contributed by atoms with Gasteiger partial charge in [0.25, 0.3) is 11.8 Å². The van der Waals surface area contributed by atoms with Crippen molar-refractivity contribution in [3.8, 4) is 12.3 Å². The fraction of sp³-hybridized carbons (Fsp3) is 0.217. The second kappa shape index (κ2) is 12.2. The zero-order valence-corrected chi connectivity index (χ0v) is 21.5. The molecule has 0 spiro atoms. The van der Waals surface area contributed by atoms with E-state index in [1.54, 1.807) is 29.1 Å². The van der Waals surface area contributed by atoms with E-state index >= 15 is 0 Å². The third-order valence-corrected chi connectivity index (χ3v) is 7.55. The minimum atomic E-state index is -1.53. The van der Waals surface area contributed by atoms with E-state index in [9.17, 15) is 29.1 Å². The number of aliphatic carboxylic acids is 1. The third-order valence-electron chi connectivity index (χ3n) is 5.43. The number of carboxylic acids is 1. The molecule has 2 aromatic heterocycles. The lowest BCUT2D eigenvalue weighted by Gasteiger charge is -2.50. The van der Waals surface area contributed by atoms with Crippen molar-refractivity contribution in [2.45, 2.75) is 18.0 Å². The number of carboxylic acid groups (broad SMARTS) is 1. The quantitative estimate of drug-likeness (QED) is 0.0496. The lowest BCUT2D eigenvalue weighted by Crippen LogP contribution is -2.71. The van der Waals surface area contributed by atoms with Crippen LogP contribution in [0.3, 0.4) is 0 Å². The Bertz CT molecular complexity index is 1430. The molecule has 0 bridgehead atoms. The second-order valence-electron chi connectivity index (χ2n) is 7.85. The number of pyridine rings is 1. The molecule has 2 atom stereocenters.